The van der Waals surface area contributed by atoms with Gasteiger partial charge in [-0.3, -0.25) is 4.79 Å². The Kier molecular flexibility index (Phi) is 21.0. The minimum Gasteiger partial charge on any atom is -0.507 e. The maximum atomic E-state index is 12.4. The van der Waals surface area contributed by atoms with Crippen molar-refractivity contribution in [3.8, 4) is 5.75 Å². The molecule has 0 spiro atoms. The van der Waals surface area contributed by atoms with E-state index in [0.29, 0.717) is 0 Å². The van der Waals surface area contributed by atoms with E-state index >= 15 is 0 Å². The lowest BCUT2D eigenvalue weighted by atomic mass is 10.2. The SMILES string of the molecule is CC/C=C\C/C=C\C/C=C\C/C=C\C/C=C\CCCCS[C@@H](CC)C(=O)NCCOC(=O)c1ccccc1O. The monoisotopic (exact) mass is 553 g/mol. The van der Waals surface area contributed by atoms with Gasteiger partial charge < -0.3 is 15.2 Å². The number of benzene rings is 1. The first-order chi connectivity index (χ1) is 19.1. The van der Waals surface area contributed by atoms with E-state index in [1.807, 2.05) is 6.92 Å². The summed E-state index contributed by atoms with van der Waals surface area (Å²) in [6.45, 7) is 4.47. The van der Waals surface area contributed by atoms with E-state index < -0.39 is 5.97 Å². The molecule has 0 aliphatic rings. The minimum atomic E-state index is -0.601. The molecular weight excluding hydrogens is 506 g/mol. The molecule has 1 rings (SSSR count). The highest BCUT2D eigenvalue weighted by atomic mass is 32.2. The molecule has 0 saturated heterocycles. The third kappa shape index (κ3) is 18.0. The Morgan fingerprint density at radius 2 is 1.46 bits per heavy atom. The van der Waals surface area contributed by atoms with Crippen LogP contribution in [0.15, 0.2) is 85.0 Å². The first-order valence-electron chi connectivity index (χ1n) is 14.2. The van der Waals surface area contributed by atoms with Crippen molar-refractivity contribution in [2.45, 2.75) is 76.9 Å². The first-order valence-corrected chi connectivity index (χ1v) is 15.2. The molecule has 0 aliphatic carbocycles. The summed E-state index contributed by atoms with van der Waals surface area (Å²) < 4.78 is 5.14. The normalized spacial score (nSPS) is 12.9. The van der Waals surface area contributed by atoms with Crippen LogP contribution in [0.2, 0.25) is 0 Å². The van der Waals surface area contributed by atoms with Crippen LogP contribution in [-0.4, -0.2) is 41.1 Å². The fraction of sp³-hybridized carbons (Fsp3) is 0.455. The molecule has 0 aromatic heterocycles. The summed E-state index contributed by atoms with van der Waals surface area (Å²) in [5, 5.41) is 12.4. The topological polar surface area (TPSA) is 75.6 Å². The van der Waals surface area contributed by atoms with Gasteiger partial charge in [-0.25, -0.2) is 4.79 Å². The fourth-order valence-corrected chi connectivity index (χ4v) is 4.62. The van der Waals surface area contributed by atoms with E-state index in [1.54, 1.807) is 23.9 Å². The molecule has 1 amide bonds. The van der Waals surface area contributed by atoms with Crippen molar-refractivity contribution in [1.82, 2.24) is 5.32 Å². The molecule has 0 radical (unpaired) electrons. The number of phenols is 1. The number of phenolic OH excluding ortho intramolecular Hbond substituents is 1. The summed E-state index contributed by atoms with van der Waals surface area (Å²) >= 11 is 1.68. The van der Waals surface area contributed by atoms with Gasteiger partial charge in [0.05, 0.1) is 11.8 Å². The van der Waals surface area contributed by atoms with E-state index in [9.17, 15) is 14.7 Å². The number of aromatic hydroxyl groups is 1. The molecule has 214 valence electrons. The predicted molar refractivity (Wildman–Crippen MR) is 166 cm³/mol. The van der Waals surface area contributed by atoms with Crippen molar-refractivity contribution in [3.05, 3.63) is 90.6 Å². The van der Waals surface area contributed by atoms with E-state index in [-0.39, 0.29) is 35.6 Å². The van der Waals surface area contributed by atoms with Crippen molar-refractivity contribution < 1.29 is 19.4 Å². The summed E-state index contributed by atoms with van der Waals surface area (Å²) in [6.07, 6.45) is 31.2. The Labute approximate surface area is 240 Å². The molecule has 0 saturated carbocycles. The highest BCUT2D eigenvalue weighted by Gasteiger charge is 2.16. The Balaban J connectivity index is 2.05. The second-order valence-electron chi connectivity index (χ2n) is 8.92. The number of carbonyl (C=O) groups is 2. The second-order valence-corrected chi connectivity index (χ2v) is 10.2. The Hall–Kier alpha value is -2.99. The summed E-state index contributed by atoms with van der Waals surface area (Å²) in [5.74, 6) is 0.198. The molecule has 2 N–H and O–H groups in total. The number of rotatable bonds is 21. The van der Waals surface area contributed by atoms with Crippen LogP contribution in [0.5, 0.6) is 5.75 Å². The van der Waals surface area contributed by atoms with Crippen molar-refractivity contribution in [2.75, 3.05) is 18.9 Å². The number of amides is 1. The van der Waals surface area contributed by atoms with Crippen LogP contribution in [0.3, 0.4) is 0 Å². The van der Waals surface area contributed by atoms with E-state index in [0.717, 1.165) is 63.5 Å². The van der Waals surface area contributed by atoms with Crippen LogP contribution in [0.1, 0.15) is 82.0 Å². The van der Waals surface area contributed by atoms with Crippen LogP contribution in [0.4, 0.5) is 0 Å². The minimum absolute atomic E-state index is 0.0288. The predicted octanol–water partition coefficient (Wildman–Crippen LogP) is 8.10. The number of carbonyl (C=O) groups excluding carboxylic acids is 2. The van der Waals surface area contributed by atoms with Crippen molar-refractivity contribution in [3.63, 3.8) is 0 Å². The highest BCUT2D eigenvalue weighted by molar-refractivity contribution is 8.00. The molecule has 0 bridgehead atoms. The summed E-state index contributed by atoms with van der Waals surface area (Å²) in [4.78, 5) is 24.4. The standard InChI is InChI=1S/C33H47NO4S/c1-3-5-6-7-8-9-10-11-12-13-14-15-16-17-18-19-20-23-28-39-31(4-2)32(36)34-26-27-38-33(37)29-24-21-22-25-30(29)35/h5-6,8-9,11-12,14-15,17-18,21-22,24-25,31,35H,3-4,7,10,13,16,19-20,23,26-28H2,1-2H3,(H,34,36)/b6-5-,9-8-,12-11-,15-14-,18-17-/t31-/m0/s1. The zero-order valence-electron chi connectivity index (χ0n) is 23.7. The van der Waals surface area contributed by atoms with Gasteiger partial charge in [-0.2, -0.15) is 0 Å². The molecule has 0 unspecified atom stereocenters. The van der Waals surface area contributed by atoms with Crippen molar-refractivity contribution >= 4 is 23.6 Å². The molecule has 39 heavy (non-hydrogen) atoms. The smallest absolute Gasteiger partial charge is 0.341 e. The maximum absolute atomic E-state index is 12.4. The van der Waals surface area contributed by atoms with E-state index in [1.165, 1.54) is 12.1 Å². The van der Waals surface area contributed by atoms with Gasteiger partial charge in [-0.15, -0.1) is 11.8 Å². The number of hydrogen-bond donors (Lipinski definition) is 2. The van der Waals surface area contributed by atoms with Crippen LogP contribution in [0.25, 0.3) is 0 Å². The second kappa shape index (κ2) is 24.1. The highest BCUT2D eigenvalue weighted by Crippen LogP contribution is 2.18. The number of esters is 1. The molecule has 1 aromatic carbocycles. The van der Waals surface area contributed by atoms with Gasteiger partial charge in [0.25, 0.3) is 0 Å². The van der Waals surface area contributed by atoms with Crippen molar-refractivity contribution in [2.24, 2.45) is 0 Å². The molecule has 6 heteroatoms. The molecule has 0 heterocycles. The van der Waals surface area contributed by atoms with E-state index in [4.69, 9.17) is 4.74 Å². The van der Waals surface area contributed by atoms with Gasteiger partial charge in [0.15, 0.2) is 0 Å². The Morgan fingerprint density at radius 3 is 2.05 bits per heavy atom. The average molecular weight is 554 g/mol. The van der Waals surface area contributed by atoms with Gasteiger partial charge in [-0.05, 0) is 75.7 Å². The van der Waals surface area contributed by atoms with Gasteiger partial charge in [-0.1, -0.05) is 86.7 Å². The number of hydrogen-bond acceptors (Lipinski definition) is 5. The van der Waals surface area contributed by atoms with Crippen LogP contribution in [0, 0.1) is 0 Å². The molecule has 0 fully saturated rings. The number of ether oxygens (including phenoxy) is 1. The third-order valence-corrected chi connectivity index (χ3v) is 7.14. The molecule has 5 nitrogen and oxygen atoms in total. The number of nitrogens with one attached hydrogen (secondary N) is 1. The van der Waals surface area contributed by atoms with Crippen LogP contribution < -0.4 is 5.32 Å². The molecule has 0 aliphatic heterocycles. The molecule has 1 atom stereocenters. The van der Waals surface area contributed by atoms with Gasteiger partial charge in [0, 0.05) is 0 Å². The number of unbranched alkanes of at least 4 members (excludes halogenated alkanes) is 2. The summed E-state index contributed by atoms with van der Waals surface area (Å²) in [7, 11) is 0. The van der Waals surface area contributed by atoms with Gasteiger partial charge >= 0.3 is 5.97 Å². The van der Waals surface area contributed by atoms with Gasteiger partial charge in [0.2, 0.25) is 5.91 Å². The zero-order valence-corrected chi connectivity index (χ0v) is 24.5. The lowest BCUT2D eigenvalue weighted by molar-refractivity contribution is -0.120. The molecule has 1 aromatic rings. The van der Waals surface area contributed by atoms with Crippen molar-refractivity contribution in [1.29, 1.82) is 0 Å². The van der Waals surface area contributed by atoms with Gasteiger partial charge in [0.1, 0.15) is 17.9 Å². The first kappa shape index (κ1) is 34.0. The zero-order chi connectivity index (χ0) is 28.4. The summed E-state index contributed by atoms with van der Waals surface area (Å²) in [6, 6.07) is 6.23. The average Bonchev–Trinajstić information content (AvgIpc) is 2.94. The largest absolute Gasteiger partial charge is 0.507 e. The fourth-order valence-electron chi connectivity index (χ4n) is 3.49. The quantitative estimate of drug-likeness (QED) is 0.0914. The number of allylic oxidation sites excluding steroid dienone is 10. The lowest BCUT2D eigenvalue weighted by Crippen LogP contribution is -2.35. The Morgan fingerprint density at radius 1 is 0.872 bits per heavy atom. The maximum Gasteiger partial charge on any atom is 0.341 e. The third-order valence-electron chi connectivity index (χ3n) is 5.66. The Bertz CT molecular complexity index is 949. The van der Waals surface area contributed by atoms with E-state index in [2.05, 4.69) is 73.0 Å². The van der Waals surface area contributed by atoms with Crippen LogP contribution >= 0.6 is 11.8 Å². The summed E-state index contributed by atoms with van der Waals surface area (Å²) in [5.41, 5.74) is 0.121. The number of para-hydroxylation sites is 1. The lowest BCUT2D eigenvalue weighted by Gasteiger charge is -2.14. The molecular formula is C33H47NO4S. The number of thioether (sulfide) groups is 1. The van der Waals surface area contributed by atoms with Crippen LogP contribution in [-0.2, 0) is 9.53 Å².